The van der Waals surface area contributed by atoms with Crippen LogP contribution in [0.5, 0.6) is 5.75 Å². The van der Waals surface area contributed by atoms with Gasteiger partial charge in [-0.3, -0.25) is 4.79 Å². The van der Waals surface area contributed by atoms with Crippen LogP contribution in [0.4, 0.5) is 0 Å². The van der Waals surface area contributed by atoms with Gasteiger partial charge in [-0.15, -0.1) is 0 Å². The predicted octanol–water partition coefficient (Wildman–Crippen LogP) is 1.65. The van der Waals surface area contributed by atoms with Gasteiger partial charge in [0.1, 0.15) is 16.8 Å². The van der Waals surface area contributed by atoms with Crippen LogP contribution in [-0.4, -0.2) is 16.4 Å². The average Bonchev–Trinajstić information content (AvgIpc) is 2.45. The molecule has 0 aliphatic heterocycles. The second kappa shape index (κ2) is 2.58. The highest BCUT2D eigenvalue weighted by molar-refractivity contribution is 5.95. The molecule has 13 heavy (non-hydrogen) atoms. The quantitative estimate of drug-likeness (QED) is 0.672. The van der Waals surface area contributed by atoms with Gasteiger partial charge in [-0.2, -0.15) is 0 Å². The van der Waals surface area contributed by atoms with E-state index in [1.165, 1.54) is 6.07 Å². The first kappa shape index (κ1) is 7.79. The Morgan fingerprint density at radius 2 is 2.31 bits per heavy atom. The Balaban J connectivity index is 2.90. The molecule has 1 aromatic carbocycles. The third-order valence-electron chi connectivity index (χ3n) is 1.80. The lowest BCUT2D eigenvalue weighted by Crippen LogP contribution is -1.81. The molecule has 1 N–H and O–H groups in total. The van der Waals surface area contributed by atoms with Gasteiger partial charge in [0.05, 0.1) is 0 Å². The SMILES string of the molecule is Cc1nc2ccc(O)c(C=O)c2o1. The lowest BCUT2D eigenvalue weighted by Gasteiger charge is -1.94. The van der Waals surface area contributed by atoms with Crippen LogP contribution in [0.1, 0.15) is 16.2 Å². The summed E-state index contributed by atoms with van der Waals surface area (Å²) in [5, 5.41) is 9.30. The fourth-order valence-corrected chi connectivity index (χ4v) is 1.23. The number of aryl methyl sites for hydroxylation is 1. The molecule has 0 aliphatic carbocycles. The molecule has 2 aromatic rings. The molecule has 0 fully saturated rings. The maximum atomic E-state index is 10.6. The number of phenolic OH excluding ortho intramolecular Hbond substituents is 1. The van der Waals surface area contributed by atoms with Crippen LogP contribution in [-0.2, 0) is 0 Å². The Kier molecular flexibility index (Phi) is 1.55. The monoisotopic (exact) mass is 177 g/mol. The number of aromatic nitrogens is 1. The van der Waals surface area contributed by atoms with Crippen LogP contribution in [0.25, 0.3) is 11.1 Å². The number of aromatic hydroxyl groups is 1. The van der Waals surface area contributed by atoms with E-state index in [1.54, 1.807) is 13.0 Å². The molecule has 0 aliphatic rings. The molecule has 66 valence electrons. The van der Waals surface area contributed by atoms with Crippen LogP contribution < -0.4 is 0 Å². The summed E-state index contributed by atoms with van der Waals surface area (Å²) in [6.45, 7) is 1.69. The zero-order valence-corrected chi connectivity index (χ0v) is 6.94. The Labute approximate surface area is 73.8 Å². The van der Waals surface area contributed by atoms with E-state index in [2.05, 4.69) is 4.98 Å². The van der Waals surface area contributed by atoms with Gasteiger partial charge < -0.3 is 9.52 Å². The normalized spacial score (nSPS) is 10.5. The van der Waals surface area contributed by atoms with E-state index in [1.807, 2.05) is 0 Å². The van der Waals surface area contributed by atoms with E-state index in [4.69, 9.17) is 4.42 Å². The lowest BCUT2D eigenvalue weighted by molar-refractivity contribution is 0.112. The first-order valence-corrected chi connectivity index (χ1v) is 3.76. The number of carbonyl (C=O) groups is 1. The van der Waals surface area contributed by atoms with Crippen molar-refractivity contribution in [3.8, 4) is 5.75 Å². The maximum absolute atomic E-state index is 10.6. The predicted molar refractivity (Wildman–Crippen MR) is 45.8 cm³/mol. The molecule has 2 rings (SSSR count). The highest BCUT2D eigenvalue weighted by atomic mass is 16.3. The van der Waals surface area contributed by atoms with Gasteiger partial charge in [0.25, 0.3) is 0 Å². The van der Waals surface area contributed by atoms with Crippen molar-refractivity contribution in [3.05, 3.63) is 23.6 Å². The minimum absolute atomic E-state index is 0.0846. The molecule has 1 aromatic heterocycles. The van der Waals surface area contributed by atoms with Gasteiger partial charge in [0, 0.05) is 6.92 Å². The van der Waals surface area contributed by atoms with Crippen molar-refractivity contribution >= 4 is 17.4 Å². The summed E-state index contributed by atoms with van der Waals surface area (Å²) in [6.07, 6.45) is 0.558. The van der Waals surface area contributed by atoms with Crippen molar-refractivity contribution in [2.75, 3.05) is 0 Å². The molecule has 0 atom stereocenters. The topological polar surface area (TPSA) is 63.3 Å². The molecule has 0 amide bonds. The van der Waals surface area contributed by atoms with E-state index in [0.717, 1.165) is 0 Å². The van der Waals surface area contributed by atoms with Gasteiger partial charge >= 0.3 is 0 Å². The Bertz CT molecular complexity index is 473. The summed E-state index contributed by atoms with van der Waals surface area (Å²) in [5.74, 6) is 0.391. The van der Waals surface area contributed by atoms with Crippen LogP contribution in [0.3, 0.4) is 0 Å². The molecule has 4 heteroatoms. The summed E-state index contributed by atoms with van der Waals surface area (Å²) >= 11 is 0. The van der Waals surface area contributed by atoms with E-state index in [0.29, 0.717) is 23.3 Å². The Morgan fingerprint density at radius 1 is 1.54 bits per heavy atom. The highest BCUT2D eigenvalue weighted by Gasteiger charge is 2.10. The molecule has 0 spiro atoms. The van der Waals surface area contributed by atoms with Gasteiger partial charge in [-0.25, -0.2) is 4.98 Å². The number of hydrogen-bond donors (Lipinski definition) is 1. The number of benzene rings is 1. The van der Waals surface area contributed by atoms with Crippen molar-refractivity contribution in [1.82, 2.24) is 4.98 Å². The molecule has 0 saturated heterocycles. The lowest BCUT2D eigenvalue weighted by atomic mass is 10.2. The molecule has 0 unspecified atom stereocenters. The van der Waals surface area contributed by atoms with Gasteiger partial charge in [-0.05, 0) is 12.1 Å². The van der Waals surface area contributed by atoms with E-state index >= 15 is 0 Å². The zero-order valence-electron chi connectivity index (χ0n) is 6.94. The number of oxazole rings is 1. The second-order valence-corrected chi connectivity index (χ2v) is 2.70. The molecule has 0 bridgehead atoms. The van der Waals surface area contributed by atoms with Gasteiger partial charge in [-0.1, -0.05) is 0 Å². The number of phenols is 1. The smallest absolute Gasteiger partial charge is 0.192 e. The number of fused-ring (bicyclic) bond motifs is 1. The van der Waals surface area contributed by atoms with Crippen molar-refractivity contribution < 1.29 is 14.3 Å². The van der Waals surface area contributed by atoms with Crippen molar-refractivity contribution in [2.45, 2.75) is 6.92 Å². The van der Waals surface area contributed by atoms with Crippen LogP contribution in [0.2, 0.25) is 0 Å². The van der Waals surface area contributed by atoms with E-state index in [-0.39, 0.29) is 11.3 Å². The Morgan fingerprint density at radius 3 is 3.00 bits per heavy atom. The van der Waals surface area contributed by atoms with Gasteiger partial charge in [0.15, 0.2) is 17.8 Å². The first-order chi connectivity index (χ1) is 6.22. The van der Waals surface area contributed by atoms with E-state index in [9.17, 15) is 9.90 Å². The van der Waals surface area contributed by atoms with Crippen molar-refractivity contribution in [1.29, 1.82) is 0 Å². The first-order valence-electron chi connectivity index (χ1n) is 3.76. The number of nitrogens with zero attached hydrogens (tertiary/aromatic N) is 1. The average molecular weight is 177 g/mol. The third kappa shape index (κ3) is 1.07. The van der Waals surface area contributed by atoms with Crippen molar-refractivity contribution in [3.63, 3.8) is 0 Å². The summed E-state index contributed by atoms with van der Waals surface area (Å²) in [6, 6.07) is 3.03. The summed E-state index contributed by atoms with van der Waals surface area (Å²) in [5.41, 5.74) is 1.07. The molecule has 4 nitrogen and oxygen atoms in total. The van der Waals surface area contributed by atoms with Crippen LogP contribution in [0.15, 0.2) is 16.5 Å². The molecular formula is C9H7NO3. The maximum Gasteiger partial charge on any atom is 0.192 e. The molecular weight excluding hydrogens is 170 g/mol. The van der Waals surface area contributed by atoms with Crippen molar-refractivity contribution in [2.24, 2.45) is 0 Å². The third-order valence-corrected chi connectivity index (χ3v) is 1.80. The standard InChI is InChI=1S/C9H7NO3/c1-5-10-7-2-3-8(12)6(4-11)9(7)13-5/h2-4,12H,1H3. The summed E-state index contributed by atoms with van der Waals surface area (Å²) in [7, 11) is 0. The molecule has 0 radical (unpaired) electrons. The van der Waals surface area contributed by atoms with Gasteiger partial charge in [0.2, 0.25) is 0 Å². The Hall–Kier alpha value is -1.84. The number of carbonyl (C=O) groups excluding carboxylic acids is 1. The van der Waals surface area contributed by atoms with Crippen LogP contribution in [0, 0.1) is 6.92 Å². The zero-order chi connectivity index (χ0) is 9.42. The summed E-state index contributed by atoms with van der Waals surface area (Å²) < 4.78 is 5.17. The highest BCUT2D eigenvalue weighted by Crippen LogP contribution is 2.25. The minimum atomic E-state index is -0.0846. The second-order valence-electron chi connectivity index (χ2n) is 2.70. The number of hydrogen-bond acceptors (Lipinski definition) is 4. The number of rotatable bonds is 1. The largest absolute Gasteiger partial charge is 0.507 e. The minimum Gasteiger partial charge on any atom is -0.507 e. The summed E-state index contributed by atoms with van der Waals surface area (Å²) in [4.78, 5) is 14.6. The van der Waals surface area contributed by atoms with E-state index < -0.39 is 0 Å². The molecule has 1 heterocycles. The fourth-order valence-electron chi connectivity index (χ4n) is 1.23. The fraction of sp³-hybridized carbons (Fsp3) is 0.111. The number of aldehydes is 1. The molecule has 0 saturated carbocycles. The van der Waals surface area contributed by atoms with Crippen LogP contribution >= 0.6 is 0 Å².